The van der Waals surface area contributed by atoms with Crippen LogP contribution in [0.25, 0.3) is 12.2 Å². The van der Waals surface area contributed by atoms with Crippen LogP contribution in [0.1, 0.15) is 26.2 Å². The standard InChI is InChI=1S/C16H24N2/c1-3-8-16-15(4-2)9-12-18(16)14-13-17-10-6-5-7-11-17/h3-4,8-9,12H,1,5-7,10-11,13-14H2,2H3/b15-4-,16-8+. The van der Waals surface area contributed by atoms with Gasteiger partial charge in [0.1, 0.15) is 0 Å². The molecule has 1 aromatic heterocycles. The van der Waals surface area contributed by atoms with E-state index < -0.39 is 0 Å². The van der Waals surface area contributed by atoms with Gasteiger partial charge in [-0.15, -0.1) is 0 Å². The molecule has 0 aromatic carbocycles. The molecule has 1 fully saturated rings. The van der Waals surface area contributed by atoms with Gasteiger partial charge in [-0.25, -0.2) is 0 Å². The Kier molecular flexibility index (Phi) is 4.82. The van der Waals surface area contributed by atoms with Gasteiger partial charge in [-0.2, -0.15) is 0 Å². The van der Waals surface area contributed by atoms with E-state index in [9.17, 15) is 0 Å². The minimum absolute atomic E-state index is 1.08. The lowest BCUT2D eigenvalue weighted by molar-refractivity contribution is 0.220. The zero-order valence-corrected chi connectivity index (χ0v) is 11.4. The van der Waals surface area contributed by atoms with Crippen LogP contribution < -0.4 is 10.6 Å². The predicted octanol–water partition coefficient (Wildman–Crippen LogP) is 1.74. The molecular formula is C16H24N2. The Bertz CT molecular complexity index is 490. The van der Waals surface area contributed by atoms with Gasteiger partial charge in [-0.3, -0.25) is 0 Å². The number of piperidine rings is 1. The van der Waals surface area contributed by atoms with Crippen LogP contribution in [0.3, 0.4) is 0 Å². The Balaban J connectivity index is 2.07. The first-order valence-electron chi connectivity index (χ1n) is 7.02. The van der Waals surface area contributed by atoms with E-state index in [0.717, 1.165) is 13.1 Å². The molecule has 2 rings (SSSR count). The number of hydrogen-bond acceptors (Lipinski definition) is 1. The molecule has 0 radical (unpaired) electrons. The lowest BCUT2D eigenvalue weighted by atomic mass is 10.1. The summed E-state index contributed by atoms with van der Waals surface area (Å²) in [7, 11) is 0. The van der Waals surface area contributed by atoms with Gasteiger partial charge in [0, 0.05) is 24.6 Å². The normalized spacial score (nSPS) is 19.4. The second-order valence-corrected chi connectivity index (χ2v) is 4.94. The molecule has 0 spiro atoms. The summed E-state index contributed by atoms with van der Waals surface area (Å²) >= 11 is 0. The Morgan fingerprint density at radius 2 is 2.00 bits per heavy atom. The molecule has 2 nitrogen and oxygen atoms in total. The number of likely N-dealkylation sites (tertiary alicyclic amines) is 1. The van der Waals surface area contributed by atoms with Crippen molar-refractivity contribution in [2.75, 3.05) is 19.6 Å². The van der Waals surface area contributed by atoms with Crippen molar-refractivity contribution in [3.63, 3.8) is 0 Å². The maximum atomic E-state index is 3.81. The van der Waals surface area contributed by atoms with E-state index >= 15 is 0 Å². The minimum Gasteiger partial charge on any atom is -0.346 e. The maximum absolute atomic E-state index is 3.81. The Morgan fingerprint density at radius 1 is 1.22 bits per heavy atom. The van der Waals surface area contributed by atoms with Crippen molar-refractivity contribution in [3.8, 4) is 0 Å². The number of allylic oxidation sites excluding steroid dienone is 1. The Hall–Kier alpha value is -1.28. The number of rotatable bonds is 4. The molecule has 0 saturated carbocycles. The van der Waals surface area contributed by atoms with Crippen LogP contribution in [-0.2, 0) is 6.54 Å². The zero-order chi connectivity index (χ0) is 12.8. The number of hydrogen-bond donors (Lipinski definition) is 0. The van der Waals surface area contributed by atoms with Crippen molar-refractivity contribution in [1.82, 2.24) is 9.47 Å². The van der Waals surface area contributed by atoms with Gasteiger partial charge in [0.05, 0.1) is 0 Å². The van der Waals surface area contributed by atoms with Crippen LogP contribution in [0.15, 0.2) is 24.9 Å². The zero-order valence-electron chi connectivity index (χ0n) is 11.4. The molecule has 1 saturated heterocycles. The van der Waals surface area contributed by atoms with E-state index in [1.165, 1.54) is 42.9 Å². The van der Waals surface area contributed by atoms with Gasteiger partial charge in [0.15, 0.2) is 0 Å². The first-order valence-corrected chi connectivity index (χ1v) is 7.02. The molecule has 0 N–H and O–H groups in total. The summed E-state index contributed by atoms with van der Waals surface area (Å²) in [5, 5.41) is 2.58. The summed E-state index contributed by atoms with van der Waals surface area (Å²) in [6.45, 7) is 10.7. The lowest BCUT2D eigenvalue weighted by Gasteiger charge is -2.26. The highest BCUT2D eigenvalue weighted by Gasteiger charge is 2.09. The van der Waals surface area contributed by atoms with E-state index in [0.29, 0.717) is 0 Å². The first kappa shape index (κ1) is 13.2. The van der Waals surface area contributed by atoms with Crippen molar-refractivity contribution in [2.24, 2.45) is 0 Å². The topological polar surface area (TPSA) is 8.17 Å². The third-order valence-electron chi connectivity index (χ3n) is 3.73. The van der Waals surface area contributed by atoms with E-state index in [-0.39, 0.29) is 0 Å². The van der Waals surface area contributed by atoms with Gasteiger partial charge < -0.3 is 9.47 Å². The maximum Gasteiger partial charge on any atom is 0.0477 e. The Morgan fingerprint density at radius 3 is 2.67 bits per heavy atom. The molecule has 2 heteroatoms. The summed E-state index contributed by atoms with van der Waals surface area (Å²) < 4.78 is 2.34. The van der Waals surface area contributed by atoms with E-state index in [4.69, 9.17) is 0 Å². The molecule has 0 bridgehead atoms. The SMILES string of the molecule is C=C/C=c1\c(=C/C)ccn1CCN1CCCCC1. The molecular weight excluding hydrogens is 220 g/mol. The van der Waals surface area contributed by atoms with Gasteiger partial charge in [0.2, 0.25) is 0 Å². The fourth-order valence-electron chi connectivity index (χ4n) is 2.68. The summed E-state index contributed by atoms with van der Waals surface area (Å²) in [4.78, 5) is 2.58. The molecule has 1 aromatic rings. The molecule has 0 unspecified atom stereocenters. The molecule has 98 valence electrons. The average Bonchev–Trinajstić information content (AvgIpc) is 2.80. The fraction of sp³-hybridized carbons (Fsp3) is 0.500. The van der Waals surface area contributed by atoms with Crippen LogP contribution in [0.5, 0.6) is 0 Å². The van der Waals surface area contributed by atoms with Gasteiger partial charge in [0.25, 0.3) is 0 Å². The van der Waals surface area contributed by atoms with E-state index in [2.05, 4.69) is 47.4 Å². The van der Waals surface area contributed by atoms with Crippen LogP contribution in [0.2, 0.25) is 0 Å². The average molecular weight is 244 g/mol. The highest BCUT2D eigenvalue weighted by atomic mass is 15.1. The second-order valence-electron chi connectivity index (χ2n) is 4.94. The van der Waals surface area contributed by atoms with E-state index in [1.54, 1.807) is 0 Å². The minimum atomic E-state index is 1.08. The highest BCUT2D eigenvalue weighted by Crippen LogP contribution is 2.07. The van der Waals surface area contributed by atoms with Crippen molar-refractivity contribution in [3.05, 3.63) is 35.5 Å². The first-order chi connectivity index (χ1) is 8.85. The van der Waals surface area contributed by atoms with Gasteiger partial charge >= 0.3 is 0 Å². The monoisotopic (exact) mass is 244 g/mol. The summed E-state index contributed by atoms with van der Waals surface area (Å²) in [5.41, 5.74) is 0. The van der Waals surface area contributed by atoms with Crippen molar-refractivity contribution < 1.29 is 0 Å². The predicted molar refractivity (Wildman–Crippen MR) is 78.8 cm³/mol. The fourth-order valence-corrected chi connectivity index (χ4v) is 2.68. The molecule has 0 aliphatic carbocycles. The summed E-state index contributed by atoms with van der Waals surface area (Å²) in [6, 6.07) is 2.19. The third kappa shape index (κ3) is 3.14. The second kappa shape index (κ2) is 6.60. The third-order valence-corrected chi connectivity index (χ3v) is 3.73. The van der Waals surface area contributed by atoms with Gasteiger partial charge in [-0.1, -0.05) is 25.2 Å². The summed E-state index contributed by atoms with van der Waals surface area (Å²) in [5.74, 6) is 0. The largest absolute Gasteiger partial charge is 0.346 e. The van der Waals surface area contributed by atoms with Crippen molar-refractivity contribution >= 4 is 12.2 Å². The molecule has 2 heterocycles. The van der Waals surface area contributed by atoms with E-state index in [1.807, 2.05) is 6.08 Å². The number of aromatic nitrogens is 1. The quantitative estimate of drug-likeness (QED) is 0.783. The van der Waals surface area contributed by atoms with Crippen LogP contribution in [-0.4, -0.2) is 29.1 Å². The van der Waals surface area contributed by atoms with Crippen molar-refractivity contribution in [1.29, 1.82) is 0 Å². The van der Waals surface area contributed by atoms with Crippen LogP contribution in [0, 0.1) is 0 Å². The number of nitrogens with zero attached hydrogens (tertiary/aromatic N) is 2. The highest BCUT2D eigenvalue weighted by molar-refractivity contribution is 5.36. The van der Waals surface area contributed by atoms with Gasteiger partial charge in [-0.05, 0) is 50.2 Å². The van der Waals surface area contributed by atoms with Crippen LogP contribution in [0.4, 0.5) is 0 Å². The molecule has 18 heavy (non-hydrogen) atoms. The lowest BCUT2D eigenvalue weighted by Crippen LogP contribution is -2.36. The molecule has 0 atom stereocenters. The van der Waals surface area contributed by atoms with Crippen LogP contribution >= 0.6 is 0 Å². The summed E-state index contributed by atoms with van der Waals surface area (Å²) in [6.07, 6.45) is 12.5. The Labute approximate surface area is 110 Å². The molecule has 1 aliphatic heterocycles. The smallest absolute Gasteiger partial charge is 0.0477 e. The van der Waals surface area contributed by atoms with Crippen molar-refractivity contribution in [2.45, 2.75) is 32.7 Å². The molecule has 1 aliphatic rings. The molecule has 0 amide bonds.